The highest BCUT2D eigenvalue weighted by Gasteiger charge is 2.32. The normalized spacial score (nSPS) is 15.9. The monoisotopic (exact) mass is 719 g/mol. The molecule has 2 fully saturated rings. The SMILES string of the molecule is CCN(CC)c1ccc2cc(C(=O)c3ccc(OCCN4CCN(C(=O)CN5CCN(C(=O)c6cccc(C(F)(F)F)c6)CC5)CC4)cc3)oc2c1. The van der Waals surface area contributed by atoms with Gasteiger partial charge in [-0.25, -0.2) is 0 Å². The fourth-order valence-corrected chi connectivity index (χ4v) is 6.69. The number of amides is 2. The summed E-state index contributed by atoms with van der Waals surface area (Å²) in [6.45, 7) is 11.6. The van der Waals surface area contributed by atoms with Gasteiger partial charge in [0.1, 0.15) is 17.9 Å². The predicted molar refractivity (Wildman–Crippen MR) is 192 cm³/mol. The summed E-state index contributed by atoms with van der Waals surface area (Å²) in [5.74, 6) is 0.356. The number of anilines is 1. The Morgan fingerprint density at radius 1 is 0.769 bits per heavy atom. The minimum atomic E-state index is -4.51. The summed E-state index contributed by atoms with van der Waals surface area (Å²) < 4.78 is 51.1. The van der Waals surface area contributed by atoms with E-state index in [1.54, 1.807) is 30.3 Å². The number of carbonyl (C=O) groups is 3. The molecule has 0 aliphatic carbocycles. The third-order valence-electron chi connectivity index (χ3n) is 9.83. The summed E-state index contributed by atoms with van der Waals surface area (Å²) in [4.78, 5) is 48.9. The number of hydrogen-bond donors (Lipinski definition) is 0. The van der Waals surface area contributed by atoms with Crippen LogP contribution in [0.25, 0.3) is 11.0 Å². The van der Waals surface area contributed by atoms with E-state index < -0.39 is 17.6 Å². The summed E-state index contributed by atoms with van der Waals surface area (Å²) in [7, 11) is 0. The van der Waals surface area contributed by atoms with E-state index >= 15 is 0 Å². The molecule has 2 saturated heterocycles. The molecule has 3 heterocycles. The first-order valence-corrected chi connectivity index (χ1v) is 17.8. The van der Waals surface area contributed by atoms with Crippen LogP contribution in [-0.4, -0.2) is 122 Å². The lowest BCUT2D eigenvalue weighted by atomic mass is 10.1. The zero-order valence-corrected chi connectivity index (χ0v) is 29.5. The number of fused-ring (bicyclic) bond motifs is 1. The number of furan rings is 1. The summed E-state index contributed by atoms with van der Waals surface area (Å²) in [5, 5.41) is 0.884. The van der Waals surface area contributed by atoms with Crippen LogP contribution < -0.4 is 9.64 Å². The molecule has 0 atom stereocenters. The highest BCUT2D eigenvalue weighted by molar-refractivity contribution is 6.09. The fraction of sp³-hybridized carbons (Fsp3) is 0.410. The van der Waals surface area contributed by atoms with Crippen molar-refractivity contribution < 1.29 is 36.7 Å². The van der Waals surface area contributed by atoms with E-state index in [4.69, 9.17) is 9.15 Å². The van der Waals surface area contributed by atoms with Gasteiger partial charge in [-0.05, 0) is 74.5 Å². The Hall–Kier alpha value is -4.88. The van der Waals surface area contributed by atoms with E-state index in [2.05, 4.69) is 23.6 Å². The number of nitrogens with zero attached hydrogens (tertiary/aromatic N) is 5. The van der Waals surface area contributed by atoms with E-state index in [0.29, 0.717) is 75.1 Å². The smallest absolute Gasteiger partial charge is 0.416 e. The summed E-state index contributed by atoms with van der Waals surface area (Å²) in [6.07, 6.45) is -4.51. The third-order valence-corrected chi connectivity index (χ3v) is 9.83. The molecule has 4 aromatic rings. The molecule has 2 amide bonds. The Bertz CT molecular complexity index is 1860. The van der Waals surface area contributed by atoms with Crippen molar-refractivity contribution in [2.24, 2.45) is 0 Å². The number of benzene rings is 3. The lowest BCUT2D eigenvalue weighted by molar-refractivity contribution is -0.137. The Kier molecular flexibility index (Phi) is 11.5. The first-order chi connectivity index (χ1) is 25.0. The molecule has 0 saturated carbocycles. The molecule has 0 N–H and O–H groups in total. The number of halogens is 3. The maximum absolute atomic E-state index is 13.2. The molecular weight excluding hydrogens is 675 g/mol. The second kappa shape index (κ2) is 16.2. The highest BCUT2D eigenvalue weighted by Crippen LogP contribution is 2.30. The number of piperazine rings is 2. The third kappa shape index (κ3) is 8.76. The molecule has 0 radical (unpaired) electrons. The van der Waals surface area contributed by atoms with E-state index in [1.807, 2.05) is 28.0 Å². The van der Waals surface area contributed by atoms with Crippen molar-refractivity contribution in [2.75, 3.05) is 90.0 Å². The molecule has 0 spiro atoms. The Morgan fingerprint density at radius 2 is 1.44 bits per heavy atom. The van der Waals surface area contributed by atoms with E-state index in [0.717, 1.165) is 49.4 Å². The molecule has 1 aromatic heterocycles. The minimum Gasteiger partial charge on any atom is -0.492 e. The molecule has 3 aromatic carbocycles. The molecule has 2 aliphatic heterocycles. The van der Waals surface area contributed by atoms with Crippen LogP contribution in [0.2, 0.25) is 0 Å². The van der Waals surface area contributed by atoms with Gasteiger partial charge < -0.3 is 23.9 Å². The summed E-state index contributed by atoms with van der Waals surface area (Å²) in [6, 6.07) is 19.3. The van der Waals surface area contributed by atoms with Crippen LogP contribution in [0.5, 0.6) is 5.75 Å². The largest absolute Gasteiger partial charge is 0.492 e. The van der Waals surface area contributed by atoms with Gasteiger partial charge >= 0.3 is 6.18 Å². The van der Waals surface area contributed by atoms with Crippen molar-refractivity contribution in [1.82, 2.24) is 19.6 Å². The van der Waals surface area contributed by atoms with Gasteiger partial charge in [-0.1, -0.05) is 6.07 Å². The summed E-state index contributed by atoms with van der Waals surface area (Å²) >= 11 is 0. The van der Waals surface area contributed by atoms with Crippen LogP contribution in [0.1, 0.15) is 45.9 Å². The van der Waals surface area contributed by atoms with Crippen LogP contribution in [0, 0.1) is 0 Å². The number of rotatable bonds is 12. The van der Waals surface area contributed by atoms with E-state index in [-0.39, 0.29) is 23.8 Å². The Morgan fingerprint density at radius 3 is 2.12 bits per heavy atom. The first kappa shape index (κ1) is 36.9. The van der Waals surface area contributed by atoms with Gasteiger partial charge in [-0.2, -0.15) is 13.2 Å². The van der Waals surface area contributed by atoms with Crippen molar-refractivity contribution in [3.8, 4) is 5.75 Å². The van der Waals surface area contributed by atoms with Gasteiger partial charge in [-0.15, -0.1) is 0 Å². The van der Waals surface area contributed by atoms with Gasteiger partial charge in [0.25, 0.3) is 5.91 Å². The molecule has 52 heavy (non-hydrogen) atoms. The van der Waals surface area contributed by atoms with Crippen LogP contribution >= 0.6 is 0 Å². The van der Waals surface area contributed by atoms with Crippen molar-refractivity contribution in [3.05, 3.63) is 95.2 Å². The molecule has 0 unspecified atom stereocenters. The minimum absolute atomic E-state index is 0.0108. The molecule has 276 valence electrons. The molecule has 2 aliphatic rings. The summed E-state index contributed by atoms with van der Waals surface area (Å²) in [5.41, 5.74) is 1.42. The Labute approximate surface area is 301 Å². The first-order valence-electron chi connectivity index (χ1n) is 17.8. The van der Waals surface area contributed by atoms with Gasteiger partial charge in [0.15, 0.2) is 5.76 Å². The van der Waals surface area contributed by atoms with Crippen molar-refractivity contribution in [2.45, 2.75) is 20.0 Å². The predicted octanol–water partition coefficient (Wildman–Crippen LogP) is 5.51. The van der Waals surface area contributed by atoms with Gasteiger partial charge in [0.05, 0.1) is 12.1 Å². The average Bonchev–Trinajstić information content (AvgIpc) is 3.59. The van der Waals surface area contributed by atoms with Crippen LogP contribution in [0.3, 0.4) is 0 Å². The number of alkyl halides is 3. The van der Waals surface area contributed by atoms with Gasteiger partial charge in [0, 0.05) is 100 Å². The molecule has 10 nitrogen and oxygen atoms in total. The number of ether oxygens (including phenoxy) is 1. The average molecular weight is 720 g/mol. The fourth-order valence-electron chi connectivity index (χ4n) is 6.69. The second-order valence-corrected chi connectivity index (χ2v) is 13.1. The molecular formula is C39H44F3N5O5. The number of hydrogen-bond acceptors (Lipinski definition) is 8. The van der Waals surface area contributed by atoms with Crippen LogP contribution in [0.15, 0.2) is 77.2 Å². The zero-order valence-electron chi connectivity index (χ0n) is 29.5. The van der Waals surface area contributed by atoms with E-state index in [1.165, 1.54) is 17.0 Å². The second-order valence-electron chi connectivity index (χ2n) is 13.1. The van der Waals surface area contributed by atoms with Gasteiger partial charge in [-0.3, -0.25) is 24.2 Å². The lowest BCUT2D eigenvalue weighted by Crippen LogP contribution is -2.54. The maximum Gasteiger partial charge on any atom is 0.416 e. The molecule has 13 heteroatoms. The zero-order chi connectivity index (χ0) is 36.8. The van der Waals surface area contributed by atoms with Crippen molar-refractivity contribution in [3.63, 3.8) is 0 Å². The quantitative estimate of drug-likeness (QED) is 0.177. The van der Waals surface area contributed by atoms with Crippen molar-refractivity contribution >= 4 is 34.3 Å². The number of carbonyl (C=O) groups excluding carboxylic acids is 3. The van der Waals surface area contributed by atoms with Gasteiger partial charge in [0.2, 0.25) is 11.7 Å². The highest BCUT2D eigenvalue weighted by atomic mass is 19.4. The van der Waals surface area contributed by atoms with E-state index in [9.17, 15) is 27.6 Å². The van der Waals surface area contributed by atoms with Crippen LogP contribution in [0.4, 0.5) is 18.9 Å². The number of ketones is 1. The Balaban J connectivity index is 0.895. The maximum atomic E-state index is 13.2. The van der Waals surface area contributed by atoms with Crippen molar-refractivity contribution in [1.29, 1.82) is 0 Å². The lowest BCUT2D eigenvalue weighted by Gasteiger charge is -2.38. The van der Waals surface area contributed by atoms with Crippen LogP contribution in [-0.2, 0) is 11.0 Å². The molecule has 0 bridgehead atoms. The molecule has 6 rings (SSSR count). The topological polar surface area (TPSA) is 89.8 Å². The standard InChI is InChI=1S/C39H44F3N5O5/c1-3-45(4-2)32-11-8-29-25-35(52-34(29)26-32)37(49)28-9-12-33(13-10-28)51-23-22-43-14-18-46(19-15-43)36(48)27-44-16-20-47(21-17-44)38(50)30-6-5-7-31(24-30)39(40,41)42/h5-13,24-26H,3-4,14-23,27H2,1-2H3.